The van der Waals surface area contributed by atoms with E-state index in [9.17, 15) is 0 Å². The molecule has 4 atom stereocenters. The average molecular weight is 345 g/mol. The summed E-state index contributed by atoms with van der Waals surface area (Å²) >= 11 is 0. The van der Waals surface area contributed by atoms with Crippen molar-refractivity contribution in [2.45, 2.75) is 75.8 Å². The van der Waals surface area contributed by atoms with E-state index in [-0.39, 0.29) is 18.4 Å². The van der Waals surface area contributed by atoms with E-state index in [1.165, 1.54) is 6.33 Å². The van der Waals surface area contributed by atoms with Crippen LogP contribution in [0, 0.1) is 0 Å². The van der Waals surface area contributed by atoms with Crippen molar-refractivity contribution in [3.05, 3.63) is 12.7 Å². The lowest BCUT2D eigenvalue weighted by Crippen LogP contribution is -2.41. The van der Waals surface area contributed by atoms with Crippen molar-refractivity contribution >= 4 is 17.0 Å². The summed E-state index contributed by atoms with van der Waals surface area (Å²) in [4.78, 5) is 12.8. The minimum atomic E-state index is -0.585. The number of hydrogen-bond acceptors (Lipinski definition) is 7. The van der Waals surface area contributed by atoms with E-state index >= 15 is 0 Å². The van der Waals surface area contributed by atoms with E-state index in [4.69, 9.17) is 19.9 Å². The monoisotopic (exact) mass is 345 g/mol. The molecule has 3 fully saturated rings. The summed E-state index contributed by atoms with van der Waals surface area (Å²) in [5.41, 5.74) is 6.59. The highest BCUT2D eigenvalue weighted by molar-refractivity contribution is 5.81. The third-order valence-electron chi connectivity index (χ3n) is 5.85. The first-order chi connectivity index (χ1) is 12.1. The smallest absolute Gasteiger partial charge is 0.170 e. The van der Waals surface area contributed by atoms with Gasteiger partial charge in [-0.05, 0) is 26.2 Å². The van der Waals surface area contributed by atoms with Crippen molar-refractivity contribution in [3.8, 4) is 0 Å². The molecule has 2 aromatic rings. The summed E-state index contributed by atoms with van der Waals surface area (Å²) in [7, 11) is 0. The van der Waals surface area contributed by atoms with Crippen molar-refractivity contribution < 1.29 is 14.2 Å². The largest absolute Gasteiger partial charge is 0.382 e. The first kappa shape index (κ1) is 15.5. The molecule has 0 amide bonds. The van der Waals surface area contributed by atoms with Crippen molar-refractivity contribution in [2.75, 3.05) is 5.73 Å². The highest BCUT2D eigenvalue weighted by atomic mass is 16.8. The summed E-state index contributed by atoms with van der Waals surface area (Å²) in [6.07, 6.45) is 7.72. The van der Waals surface area contributed by atoms with Gasteiger partial charge in [0.2, 0.25) is 0 Å². The summed E-state index contributed by atoms with van der Waals surface area (Å²) in [6, 6.07) is 0. The van der Waals surface area contributed by atoms with Crippen LogP contribution in [0.1, 0.15) is 52.2 Å². The molecule has 1 saturated carbocycles. The molecule has 134 valence electrons. The van der Waals surface area contributed by atoms with Gasteiger partial charge in [-0.25, -0.2) is 15.0 Å². The molecule has 8 heteroatoms. The Kier molecular flexibility index (Phi) is 3.17. The molecule has 0 bridgehead atoms. The number of aromatic nitrogens is 4. The van der Waals surface area contributed by atoms with E-state index < -0.39 is 11.4 Å². The minimum Gasteiger partial charge on any atom is -0.382 e. The SMILES string of the molecule is CC[C@H]1O[C@@H](n2cnc3c(N)ncnc32)[C@]2(C)OC3(CCCC3)O[C@H]12. The van der Waals surface area contributed by atoms with Gasteiger partial charge in [-0.1, -0.05) is 6.92 Å². The van der Waals surface area contributed by atoms with Gasteiger partial charge in [0.05, 0.1) is 12.4 Å². The number of nitrogens with zero attached hydrogens (tertiary/aromatic N) is 4. The van der Waals surface area contributed by atoms with Gasteiger partial charge >= 0.3 is 0 Å². The normalized spacial score (nSPS) is 36.5. The lowest BCUT2D eigenvalue weighted by molar-refractivity contribution is -0.229. The first-order valence-corrected chi connectivity index (χ1v) is 9.03. The van der Waals surface area contributed by atoms with Gasteiger partial charge in [0, 0.05) is 12.8 Å². The molecule has 25 heavy (non-hydrogen) atoms. The van der Waals surface area contributed by atoms with Crippen LogP contribution in [-0.4, -0.2) is 43.1 Å². The summed E-state index contributed by atoms with van der Waals surface area (Å²) in [5, 5.41) is 0. The first-order valence-electron chi connectivity index (χ1n) is 9.03. The third kappa shape index (κ3) is 2.01. The quantitative estimate of drug-likeness (QED) is 0.890. The summed E-state index contributed by atoms with van der Waals surface area (Å²) in [5.74, 6) is -0.0921. The standard InChI is InChI=1S/C17H23N5O3/c1-3-10-12-16(2,25-17(24-12)6-4-5-7-17)15(23-10)22-9-21-11-13(18)19-8-20-14(11)22/h8-10,12,15H,3-7H2,1-2H3,(H2,18,19,20)/t10-,12-,15-,16-/m1/s1. The van der Waals surface area contributed by atoms with E-state index in [1.54, 1.807) is 6.33 Å². The van der Waals surface area contributed by atoms with E-state index in [1.807, 2.05) is 4.57 Å². The van der Waals surface area contributed by atoms with Gasteiger partial charge in [-0.2, -0.15) is 0 Å². The molecule has 2 aromatic heterocycles. The molecular weight excluding hydrogens is 322 g/mol. The topological polar surface area (TPSA) is 97.3 Å². The minimum absolute atomic E-state index is 0.0217. The Balaban J connectivity index is 1.60. The number of rotatable bonds is 2. The van der Waals surface area contributed by atoms with Crippen LogP contribution in [0.5, 0.6) is 0 Å². The number of nitrogen functional groups attached to an aromatic ring is 1. The zero-order valence-electron chi connectivity index (χ0n) is 14.5. The van der Waals surface area contributed by atoms with E-state index in [0.717, 1.165) is 32.1 Å². The number of ether oxygens (including phenoxy) is 3. The second kappa shape index (κ2) is 5.12. The van der Waals surface area contributed by atoms with Crippen molar-refractivity contribution in [1.29, 1.82) is 0 Å². The van der Waals surface area contributed by atoms with Crippen LogP contribution in [0.4, 0.5) is 5.82 Å². The molecule has 2 aliphatic heterocycles. The van der Waals surface area contributed by atoms with Gasteiger partial charge in [0.1, 0.15) is 23.5 Å². The molecule has 0 radical (unpaired) electrons. The zero-order valence-corrected chi connectivity index (χ0v) is 14.5. The molecule has 0 aromatic carbocycles. The van der Waals surface area contributed by atoms with Crippen molar-refractivity contribution in [3.63, 3.8) is 0 Å². The van der Waals surface area contributed by atoms with Gasteiger partial charge in [0.25, 0.3) is 0 Å². The fraction of sp³-hybridized carbons (Fsp3) is 0.706. The average Bonchev–Trinajstić information content (AvgIpc) is 3.32. The lowest BCUT2D eigenvalue weighted by atomic mass is 9.95. The van der Waals surface area contributed by atoms with Crippen LogP contribution in [0.25, 0.3) is 11.2 Å². The van der Waals surface area contributed by atoms with Crippen molar-refractivity contribution in [1.82, 2.24) is 19.5 Å². The highest BCUT2D eigenvalue weighted by Crippen LogP contribution is 2.56. The predicted molar refractivity (Wildman–Crippen MR) is 89.5 cm³/mol. The fourth-order valence-corrected chi connectivity index (χ4v) is 4.67. The molecule has 2 N–H and O–H groups in total. The van der Waals surface area contributed by atoms with Crippen LogP contribution in [0.2, 0.25) is 0 Å². The van der Waals surface area contributed by atoms with Crippen LogP contribution in [0.3, 0.4) is 0 Å². The van der Waals surface area contributed by atoms with Crippen LogP contribution in [-0.2, 0) is 14.2 Å². The number of anilines is 1. The molecule has 2 saturated heterocycles. The Morgan fingerprint density at radius 3 is 2.84 bits per heavy atom. The van der Waals surface area contributed by atoms with Crippen LogP contribution >= 0.6 is 0 Å². The van der Waals surface area contributed by atoms with Crippen molar-refractivity contribution in [2.24, 2.45) is 0 Å². The van der Waals surface area contributed by atoms with Gasteiger partial charge in [-0.3, -0.25) is 4.57 Å². The molecule has 5 rings (SSSR count). The summed E-state index contributed by atoms with van der Waals surface area (Å²) in [6.45, 7) is 4.20. The fourth-order valence-electron chi connectivity index (χ4n) is 4.67. The third-order valence-corrected chi connectivity index (χ3v) is 5.85. The second-order valence-corrected chi connectivity index (χ2v) is 7.46. The van der Waals surface area contributed by atoms with Crippen LogP contribution in [0.15, 0.2) is 12.7 Å². The number of imidazole rings is 1. The van der Waals surface area contributed by atoms with E-state index in [0.29, 0.717) is 17.0 Å². The highest BCUT2D eigenvalue weighted by Gasteiger charge is 2.66. The molecule has 1 aliphatic carbocycles. The molecule has 0 unspecified atom stereocenters. The molecule has 4 heterocycles. The molecule has 8 nitrogen and oxygen atoms in total. The predicted octanol–water partition coefficient (Wildman–Crippen LogP) is 2.16. The Labute approximate surface area is 145 Å². The van der Waals surface area contributed by atoms with Gasteiger partial charge in [-0.15, -0.1) is 0 Å². The van der Waals surface area contributed by atoms with Crippen LogP contribution < -0.4 is 5.73 Å². The number of fused-ring (bicyclic) bond motifs is 2. The zero-order chi connectivity index (χ0) is 17.2. The molecular formula is C17H23N5O3. The lowest BCUT2D eigenvalue weighted by Gasteiger charge is -2.31. The van der Waals surface area contributed by atoms with E-state index in [2.05, 4.69) is 28.8 Å². The maximum Gasteiger partial charge on any atom is 0.170 e. The molecule has 3 aliphatic rings. The number of hydrogen-bond donors (Lipinski definition) is 1. The Bertz CT molecular complexity index is 818. The maximum absolute atomic E-state index is 6.60. The van der Waals surface area contributed by atoms with Gasteiger partial charge in [0.15, 0.2) is 23.5 Å². The Morgan fingerprint density at radius 1 is 1.28 bits per heavy atom. The number of nitrogens with two attached hydrogens (primary N) is 1. The molecule has 1 spiro atoms. The maximum atomic E-state index is 6.60. The van der Waals surface area contributed by atoms with Gasteiger partial charge < -0.3 is 19.9 Å². The Hall–Kier alpha value is -1.77. The Morgan fingerprint density at radius 2 is 2.08 bits per heavy atom. The summed E-state index contributed by atoms with van der Waals surface area (Å²) < 4.78 is 21.3. The second-order valence-electron chi connectivity index (χ2n) is 7.46.